The molecule has 2 N–H and O–H groups in total. The van der Waals surface area contributed by atoms with Crippen molar-refractivity contribution in [2.45, 2.75) is 6.54 Å². The summed E-state index contributed by atoms with van der Waals surface area (Å²) in [5.74, 6) is 0. The summed E-state index contributed by atoms with van der Waals surface area (Å²) in [5, 5.41) is 3.03. The number of pyridine rings is 2. The standard InChI is InChI=1S/C17H11ClN4O3/c18-10-3-4-11-12(6-10)20-14-13(15(11)23)17(25)22(21-16(14)24)8-9-2-1-5-19-7-9/h1-7H,8H2,(H,20,23)(H,21,24). The molecule has 25 heavy (non-hydrogen) atoms. The third-order valence-electron chi connectivity index (χ3n) is 3.95. The normalized spacial score (nSPS) is 11.2. The monoisotopic (exact) mass is 354 g/mol. The SMILES string of the molecule is O=c1[nH]n(Cc2cccnc2)c(=O)c2c(=O)c3ccc(Cl)cc3[nH]c12. The first-order valence-electron chi connectivity index (χ1n) is 7.42. The highest BCUT2D eigenvalue weighted by Gasteiger charge is 2.14. The third-order valence-corrected chi connectivity index (χ3v) is 4.18. The number of fused-ring (bicyclic) bond motifs is 2. The molecule has 3 aromatic heterocycles. The summed E-state index contributed by atoms with van der Waals surface area (Å²) in [6.45, 7) is 0.107. The lowest BCUT2D eigenvalue weighted by Gasteiger charge is -2.08. The number of halogens is 1. The van der Waals surface area contributed by atoms with Crippen LogP contribution < -0.4 is 16.5 Å². The minimum atomic E-state index is -0.573. The van der Waals surface area contributed by atoms with Gasteiger partial charge in [-0.15, -0.1) is 0 Å². The van der Waals surface area contributed by atoms with Gasteiger partial charge in [0.15, 0.2) is 0 Å². The van der Waals surface area contributed by atoms with E-state index in [9.17, 15) is 14.4 Å². The molecule has 0 aliphatic carbocycles. The van der Waals surface area contributed by atoms with E-state index in [2.05, 4.69) is 15.1 Å². The van der Waals surface area contributed by atoms with Crippen LogP contribution in [-0.2, 0) is 6.54 Å². The second kappa shape index (κ2) is 5.71. The number of H-pyrrole nitrogens is 2. The number of rotatable bonds is 2. The summed E-state index contributed by atoms with van der Waals surface area (Å²) < 4.78 is 1.11. The minimum Gasteiger partial charge on any atom is -0.350 e. The van der Waals surface area contributed by atoms with Gasteiger partial charge in [0.2, 0.25) is 5.43 Å². The number of hydrogen-bond donors (Lipinski definition) is 2. The minimum absolute atomic E-state index is 0.0628. The lowest BCUT2D eigenvalue weighted by atomic mass is 10.1. The van der Waals surface area contributed by atoms with Gasteiger partial charge in [-0.3, -0.25) is 24.5 Å². The molecule has 7 nitrogen and oxygen atoms in total. The first kappa shape index (κ1) is 15.3. The number of aromatic amines is 2. The average Bonchev–Trinajstić information content (AvgIpc) is 2.60. The van der Waals surface area contributed by atoms with Crippen molar-refractivity contribution >= 4 is 33.4 Å². The molecule has 0 saturated heterocycles. The molecular formula is C17H11ClN4O3. The van der Waals surface area contributed by atoms with Crippen molar-refractivity contribution in [3.8, 4) is 0 Å². The maximum atomic E-state index is 12.7. The maximum Gasteiger partial charge on any atom is 0.287 e. The highest BCUT2D eigenvalue weighted by Crippen LogP contribution is 2.16. The summed E-state index contributed by atoms with van der Waals surface area (Å²) in [7, 11) is 0. The van der Waals surface area contributed by atoms with Crippen LogP contribution in [0.1, 0.15) is 5.56 Å². The Morgan fingerprint density at radius 3 is 2.76 bits per heavy atom. The van der Waals surface area contributed by atoms with Crippen molar-refractivity contribution in [3.05, 3.63) is 84.2 Å². The summed E-state index contributed by atoms with van der Waals surface area (Å²) in [5.41, 5.74) is -0.568. The molecule has 1 aromatic carbocycles. The Morgan fingerprint density at radius 1 is 1.16 bits per heavy atom. The van der Waals surface area contributed by atoms with Gasteiger partial charge in [0.25, 0.3) is 11.1 Å². The molecule has 8 heteroatoms. The molecule has 0 amide bonds. The van der Waals surface area contributed by atoms with E-state index in [0.29, 0.717) is 15.9 Å². The fourth-order valence-electron chi connectivity index (χ4n) is 2.79. The Hall–Kier alpha value is -3.19. The molecule has 0 bridgehead atoms. The van der Waals surface area contributed by atoms with Gasteiger partial charge in [-0.1, -0.05) is 17.7 Å². The summed E-state index contributed by atoms with van der Waals surface area (Å²) in [6, 6.07) is 8.13. The van der Waals surface area contributed by atoms with Crippen molar-refractivity contribution in [3.63, 3.8) is 0 Å². The zero-order valence-corrected chi connectivity index (χ0v) is 13.5. The summed E-state index contributed by atoms with van der Waals surface area (Å²) >= 11 is 5.93. The Morgan fingerprint density at radius 2 is 2.00 bits per heavy atom. The smallest absolute Gasteiger partial charge is 0.287 e. The van der Waals surface area contributed by atoms with Gasteiger partial charge in [0, 0.05) is 22.8 Å². The van der Waals surface area contributed by atoms with Gasteiger partial charge in [-0.05, 0) is 29.8 Å². The first-order chi connectivity index (χ1) is 12.0. The van der Waals surface area contributed by atoms with Crippen LogP contribution in [0.3, 0.4) is 0 Å². The molecule has 0 unspecified atom stereocenters. The largest absolute Gasteiger partial charge is 0.350 e. The third kappa shape index (κ3) is 2.54. The van der Waals surface area contributed by atoms with Crippen molar-refractivity contribution < 1.29 is 0 Å². The lowest BCUT2D eigenvalue weighted by Crippen LogP contribution is -2.34. The van der Waals surface area contributed by atoms with E-state index in [1.165, 1.54) is 6.07 Å². The maximum absolute atomic E-state index is 12.7. The Labute approximate surface area is 144 Å². The number of nitrogens with one attached hydrogen (secondary N) is 2. The predicted octanol–water partition coefficient (Wildman–Crippen LogP) is 1.63. The topological polar surface area (TPSA) is 101 Å². The van der Waals surface area contributed by atoms with Crippen molar-refractivity contribution in [1.82, 2.24) is 19.7 Å². The van der Waals surface area contributed by atoms with Gasteiger partial charge in [-0.2, -0.15) is 0 Å². The molecule has 0 atom stereocenters. The molecule has 0 aliphatic rings. The Kier molecular flexibility index (Phi) is 3.51. The quantitative estimate of drug-likeness (QED) is 0.534. The van der Waals surface area contributed by atoms with Crippen LogP contribution in [0.4, 0.5) is 0 Å². The fraction of sp³-hybridized carbons (Fsp3) is 0.0588. The fourth-order valence-corrected chi connectivity index (χ4v) is 2.96. The highest BCUT2D eigenvalue weighted by atomic mass is 35.5. The molecule has 0 saturated carbocycles. The van der Waals surface area contributed by atoms with Crippen LogP contribution in [-0.4, -0.2) is 19.7 Å². The number of aromatic nitrogens is 4. The van der Waals surface area contributed by atoms with Crippen molar-refractivity contribution in [2.24, 2.45) is 0 Å². The van der Waals surface area contributed by atoms with Gasteiger partial charge < -0.3 is 4.98 Å². The zero-order chi connectivity index (χ0) is 17.6. The second-order valence-electron chi connectivity index (χ2n) is 5.59. The second-order valence-corrected chi connectivity index (χ2v) is 6.02. The lowest BCUT2D eigenvalue weighted by molar-refractivity contribution is 0.634. The van der Waals surface area contributed by atoms with Crippen LogP contribution in [0, 0.1) is 0 Å². The van der Waals surface area contributed by atoms with Crippen LogP contribution in [0.25, 0.3) is 21.8 Å². The van der Waals surface area contributed by atoms with E-state index < -0.39 is 16.5 Å². The molecule has 3 heterocycles. The van der Waals surface area contributed by atoms with E-state index in [1.807, 2.05) is 0 Å². The first-order valence-corrected chi connectivity index (χ1v) is 7.79. The molecule has 4 rings (SSSR count). The Balaban J connectivity index is 2.05. The molecule has 124 valence electrons. The van der Waals surface area contributed by atoms with Crippen molar-refractivity contribution in [2.75, 3.05) is 0 Å². The molecule has 4 aromatic rings. The number of hydrogen-bond acceptors (Lipinski definition) is 4. The van der Waals surface area contributed by atoms with E-state index in [-0.39, 0.29) is 17.4 Å². The van der Waals surface area contributed by atoms with Crippen LogP contribution in [0.15, 0.2) is 57.1 Å². The number of nitrogens with zero attached hydrogens (tertiary/aromatic N) is 2. The van der Waals surface area contributed by atoms with E-state index >= 15 is 0 Å². The van der Waals surface area contributed by atoms with Gasteiger partial charge >= 0.3 is 0 Å². The molecule has 0 aliphatic heterocycles. The van der Waals surface area contributed by atoms with E-state index in [0.717, 1.165) is 10.2 Å². The summed E-state index contributed by atoms with van der Waals surface area (Å²) in [6.07, 6.45) is 3.19. The molecule has 0 radical (unpaired) electrons. The van der Waals surface area contributed by atoms with Gasteiger partial charge in [-0.25, -0.2) is 4.68 Å². The summed E-state index contributed by atoms with van der Waals surface area (Å²) in [4.78, 5) is 44.7. The molecule has 0 fully saturated rings. The van der Waals surface area contributed by atoms with Gasteiger partial charge in [0.05, 0.1) is 12.1 Å². The van der Waals surface area contributed by atoms with Crippen LogP contribution in [0.5, 0.6) is 0 Å². The van der Waals surface area contributed by atoms with Crippen LogP contribution >= 0.6 is 11.6 Å². The predicted molar refractivity (Wildman–Crippen MR) is 95.3 cm³/mol. The van der Waals surface area contributed by atoms with Crippen molar-refractivity contribution in [1.29, 1.82) is 0 Å². The highest BCUT2D eigenvalue weighted by molar-refractivity contribution is 6.31. The molecule has 0 spiro atoms. The van der Waals surface area contributed by atoms with E-state index in [4.69, 9.17) is 11.6 Å². The van der Waals surface area contributed by atoms with Gasteiger partial charge in [0.1, 0.15) is 10.9 Å². The average molecular weight is 355 g/mol. The zero-order valence-electron chi connectivity index (χ0n) is 12.7. The Bertz CT molecular complexity index is 1290. The van der Waals surface area contributed by atoms with Crippen LogP contribution in [0.2, 0.25) is 5.02 Å². The number of benzene rings is 1. The molecular weight excluding hydrogens is 344 g/mol. The van der Waals surface area contributed by atoms with E-state index in [1.54, 1.807) is 36.7 Å².